The van der Waals surface area contributed by atoms with E-state index in [2.05, 4.69) is 34.6 Å². The van der Waals surface area contributed by atoms with Gasteiger partial charge in [0, 0.05) is 17.8 Å². The minimum absolute atomic E-state index is 0.240. The van der Waals surface area contributed by atoms with Crippen molar-refractivity contribution in [1.29, 1.82) is 0 Å². The van der Waals surface area contributed by atoms with E-state index in [1.54, 1.807) is 24.3 Å². The quantitative estimate of drug-likeness (QED) is 0.759. The van der Waals surface area contributed by atoms with E-state index >= 15 is 0 Å². The van der Waals surface area contributed by atoms with Crippen molar-refractivity contribution in [1.82, 2.24) is 15.5 Å². The molecule has 1 heterocycles. The Bertz CT molecular complexity index is 903. The molecule has 0 aliphatic rings. The zero-order valence-corrected chi connectivity index (χ0v) is 13.5. The van der Waals surface area contributed by atoms with Crippen molar-refractivity contribution >= 4 is 16.7 Å². The van der Waals surface area contributed by atoms with Gasteiger partial charge >= 0.3 is 0 Å². The van der Waals surface area contributed by atoms with E-state index in [9.17, 15) is 9.59 Å². The number of nitrogens with one attached hydrogen (secondary N) is 2. The highest BCUT2D eigenvalue weighted by molar-refractivity contribution is 6.04. The van der Waals surface area contributed by atoms with Gasteiger partial charge in [0.05, 0.1) is 5.39 Å². The number of rotatable bonds is 5. The molecule has 0 saturated heterocycles. The molecule has 1 atom stereocenters. The second-order valence-corrected chi connectivity index (χ2v) is 5.67. The first-order chi connectivity index (χ1) is 11.7. The number of aromatic nitrogens is 2. The fourth-order valence-electron chi connectivity index (χ4n) is 2.81. The van der Waals surface area contributed by atoms with Gasteiger partial charge in [-0.2, -0.15) is 5.10 Å². The van der Waals surface area contributed by atoms with Crippen molar-refractivity contribution in [3.05, 3.63) is 76.2 Å². The summed E-state index contributed by atoms with van der Waals surface area (Å²) in [5, 5.41) is 10.3. The van der Waals surface area contributed by atoms with Crippen molar-refractivity contribution < 1.29 is 4.79 Å². The van der Waals surface area contributed by atoms with Crippen LogP contribution in [0.2, 0.25) is 0 Å². The van der Waals surface area contributed by atoms with E-state index in [4.69, 9.17) is 0 Å². The summed E-state index contributed by atoms with van der Waals surface area (Å²) in [7, 11) is 0. The highest BCUT2D eigenvalue weighted by atomic mass is 16.2. The van der Waals surface area contributed by atoms with Gasteiger partial charge < -0.3 is 5.32 Å². The number of fused-ring (bicyclic) bond motifs is 1. The molecule has 3 rings (SSSR count). The summed E-state index contributed by atoms with van der Waals surface area (Å²) in [6.45, 7) is 2.62. The number of aromatic amines is 1. The Morgan fingerprint density at radius 1 is 1.08 bits per heavy atom. The molecule has 122 valence electrons. The minimum Gasteiger partial charge on any atom is -0.350 e. The van der Waals surface area contributed by atoms with Crippen LogP contribution in [0.1, 0.15) is 35.3 Å². The van der Waals surface area contributed by atoms with E-state index in [-0.39, 0.29) is 23.1 Å². The summed E-state index contributed by atoms with van der Waals surface area (Å²) >= 11 is 0. The van der Waals surface area contributed by atoms with Gasteiger partial charge in [-0.15, -0.1) is 0 Å². The van der Waals surface area contributed by atoms with Crippen LogP contribution in [0.3, 0.4) is 0 Å². The molecule has 0 fully saturated rings. The topological polar surface area (TPSA) is 74.8 Å². The Hall–Kier alpha value is -2.95. The van der Waals surface area contributed by atoms with Crippen molar-refractivity contribution in [2.24, 2.45) is 0 Å². The molecular weight excluding hydrogens is 302 g/mol. The highest BCUT2D eigenvalue weighted by Crippen LogP contribution is 2.18. The van der Waals surface area contributed by atoms with Crippen LogP contribution < -0.4 is 10.9 Å². The number of nitrogens with zero attached hydrogens (tertiary/aromatic N) is 1. The van der Waals surface area contributed by atoms with Crippen molar-refractivity contribution in [2.45, 2.75) is 19.3 Å². The molecular formula is C19H19N3O2. The molecule has 5 heteroatoms. The maximum Gasteiger partial charge on any atom is 0.272 e. The monoisotopic (exact) mass is 321 g/mol. The normalized spacial score (nSPS) is 12.0. The van der Waals surface area contributed by atoms with Gasteiger partial charge in [-0.25, -0.2) is 5.10 Å². The highest BCUT2D eigenvalue weighted by Gasteiger charge is 2.16. The molecule has 0 aliphatic carbocycles. The first-order valence-electron chi connectivity index (χ1n) is 8.01. The summed E-state index contributed by atoms with van der Waals surface area (Å²) in [5.74, 6) is -0.0407. The van der Waals surface area contributed by atoms with Crippen LogP contribution in [0.5, 0.6) is 0 Å². The first-order valence-corrected chi connectivity index (χ1v) is 8.01. The molecule has 0 bridgehead atoms. The van der Waals surface area contributed by atoms with E-state index in [1.165, 1.54) is 5.56 Å². The molecule has 2 aromatic carbocycles. The second kappa shape index (κ2) is 7.08. The number of benzene rings is 2. The van der Waals surface area contributed by atoms with Gasteiger partial charge in [-0.1, -0.05) is 55.5 Å². The summed E-state index contributed by atoms with van der Waals surface area (Å²) in [6.07, 6.45) is 0.921. The fraction of sp³-hybridized carbons (Fsp3) is 0.211. The lowest BCUT2D eigenvalue weighted by molar-refractivity contribution is 0.0946. The zero-order chi connectivity index (χ0) is 16.9. The number of hydrogen-bond donors (Lipinski definition) is 2. The summed E-state index contributed by atoms with van der Waals surface area (Å²) in [6, 6.07) is 17.1. The van der Waals surface area contributed by atoms with Gasteiger partial charge in [0.25, 0.3) is 11.5 Å². The van der Waals surface area contributed by atoms with E-state index in [0.29, 0.717) is 17.3 Å². The Morgan fingerprint density at radius 3 is 2.46 bits per heavy atom. The van der Waals surface area contributed by atoms with E-state index in [0.717, 1.165) is 6.42 Å². The van der Waals surface area contributed by atoms with Gasteiger partial charge in [0.1, 0.15) is 0 Å². The molecule has 1 aromatic heterocycles. The third kappa shape index (κ3) is 3.20. The van der Waals surface area contributed by atoms with Crippen LogP contribution in [0, 0.1) is 0 Å². The van der Waals surface area contributed by atoms with Crippen LogP contribution >= 0.6 is 0 Å². The minimum atomic E-state index is -0.294. The molecule has 24 heavy (non-hydrogen) atoms. The van der Waals surface area contributed by atoms with Gasteiger partial charge in [0.15, 0.2) is 5.69 Å². The molecule has 0 unspecified atom stereocenters. The van der Waals surface area contributed by atoms with Crippen molar-refractivity contribution in [2.75, 3.05) is 6.54 Å². The Labute approximate surface area is 139 Å². The average Bonchev–Trinajstić information content (AvgIpc) is 2.63. The average molecular weight is 321 g/mol. The van der Waals surface area contributed by atoms with Crippen molar-refractivity contribution in [3.63, 3.8) is 0 Å². The molecule has 0 aliphatic heterocycles. The lowest BCUT2D eigenvalue weighted by Gasteiger charge is -2.16. The smallest absolute Gasteiger partial charge is 0.272 e. The zero-order valence-electron chi connectivity index (χ0n) is 13.5. The predicted molar refractivity (Wildman–Crippen MR) is 94.2 cm³/mol. The van der Waals surface area contributed by atoms with E-state index in [1.807, 2.05) is 18.2 Å². The number of carbonyl (C=O) groups is 1. The van der Waals surface area contributed by atoms with Crippen LogP contribution in [-0.4, -0.2) is 22.6 Å². The van der Waals surface area contributed by atoms with Crippen LogP contribution in [0.15, 0.2) is 59.4 Å². The largest absolute Gasteiger partial charge is 0.350 e. The Balaban J connectivity index is 1.81. The summed E-state index contributed by atoms with van der Waals surface area (Å²) in [5.41, 5.74) is 1.14. The van der Waals surface area contributed by atoms with Gasteiger partial charge in [-0.3, -0.25) is 9.59 Å². The Kier molecular flexibility index (Phi) is 4.70. The number of carbonyl (C=O) groups excluding carboxylic acids is 1. The Morgan fingerprint density at radius 2 is 1.75 bits per heavy atom. The number of hydrogen-bond acceptors (Lipinski definition) is 3. The molecule has 3 aromatic rings. The fourth-order valence-corrected chi connectivity index (χ4v) is 2.81. The first kappa shape index (κ1) is 15.9. The lowest BCUT2D eigenvalue weighted by Crippen LogP contribution is -2.30. The molecule has 5 nitrogen and oxygen atoms in total. The maximum atomic E-state index is 12.5. The van der Waals surface area contributed by atoms with Crippen LogP contribution in [0.4, 0.5) is 0 Å². The summed E-state index contributed by atoms with van der Waals surface area (Å²) in [4.78, 5) is 24.3. The third-order valence-corrected chi connectivity index (χ3v) is 4.18. The van der Waals surface area contributed by atoms with Gasteiger partial charge in [0.2, 0.25) is 0 Å². The molecule has 2 N–H and O–H groups in total. The SMILES string of the molecule is CC[C@H](CNC(=O)c1n[nH]c(=O)c2ccccc12)c1ccccc1. The van der Waals surface area contributed by atoms with E-state index < -0.39 is 0 Å². The van der Waals surface area contributed by atoms with Gasteiger partial charge in [-0.05, 0) is 18.1 Å². The molecule has 0 spiro atoms. The standard InChI is InChI=1S/C19H19N3O2/c1-2-13(14-8-4-3-5-9-14)12-20-19(24)17-15-10-6-7-11-16(15)18(23)22-21-17/h3-11,13H,2,12H2,1H3,(H,20,24)(H,22,23)/t13-/m1/s1. The molecule has 0 radical (unpaired) electrons. The predicted octanol–water partition coefficient (Wildman–Crippen LogP) is 2.85. The van der Waals surface area contributed by atoms with Crippen molar-refractivity contribution in [3.8, 4) is 0 Å². The molecule has 0 saturated carbocycles. The van der Waals surface area contributed by atoms with Crippen LogP contribution in [-0.2, 0) is 0 Å². The maximum absolute atomic E-state index is 12.5. The van der Waals surface area contributed by atoms with Crippen LogP contribution in [0.25, 0.3) is 10.8 Å². The second-order valence-electron chi connectivity index (χ2n) is 5.67. The number of amides is 1. The number of H-pyrrole nitrogens is 1. The summed E-state index contributed by atoms with van der Waals surface area (Å²) < 4.78 is 0. The molecule has 1 amide bonds. The third-order valence-electron chi connectivity index (χ3n) is 4.18. The lowest BCUT2D eigenvalue weighted by atomic mass is 9.96.